The van der Waals surface area contributed by atoms with Crippen LogP contribution in [-0.2, 0) is 41.1 Å². The monoisotopic (exact) mass is 474 g/mol. The molecule has 0 aliphatic heterocycles. The Kier molecular flexibility index (Phi) is 7.06. The highest BCUT2D eigenvalue weighted by Gasteiger charge is 2.36. The van der Waals surface area contributed by atoms with Gasteiger partial charge in [0.25, 0.3) is 0 Å². The number of aromatic nitrogens is 6. The first kappa shape index (κ1) is 25.0. The Morgan fingerprint density at radius 3 is 2.58 bits per heavy atom. The van der Waals surface area contributed by atoms with Gasteiger partial charge in [0.05, 0.1) is 16.8 Å². The maximum atomic E-state index is 12.0. The number of rotatable bonds is 10. The van der Waals surface area contributed by atoms with Gasteiger partial charge in [0, 0.05) is 19.8 Å². The Hall–Kier alpha value is -2.63. The summed E-state index contributed by atoms with van der Waals surface area (Å²) in [6.45, 7) is 10.6. The van der Waals surface area contributed by atoms with E-state index in [0.29, 0.717) is 17.9 Å². The van der Waals surface area contributed by atoms with Crippen LogP contribution in [-0.4, -0.2) is 38.4 Å². The first-order chi connectivity index (χ1) is 15.4. The third kappa shape index (κ3) is 5.66. The predicted molar refractivity (Wildman–Crippen MR) is 126 cm³/mol. The van der Waals surface area contributed by atoms with Crippen molar-refractivity contribution in [3.05, 3.63) is 53.1 Å². The molecule has 3 aromatic rings. The summed E-state index contributed by atoms with van der Waals surface area (Å²) in [7, 11) is -2.23. The summed E-state index contributed by atoms with van der Waals surface area (Å²) in [4.78, 5) is 0.00649. The first-order valence-electron chi connectivity index (χ1n) is 11.0. The minimum absolute atomic E-state index is 0.00649. The summed E-state index contributed by atoms with van der Waals surface area (Å²) in [6, 6.07) is 8.38. The largest absolute Gasteiger partial charge is 0.299 e. The van der Waals surface area contributed by atoms with Crippen LogP contribution >= 0.6 is 0 Å². The average Bonchev–Trinajstić information content (AvgIpc) is 3.38. The Bertz CT molecular complexity index is 1210. The number of nitrogens with zero attached hydrogens (tertiary/aromatic N) is 6. The van der Waals surface area contributed by atoms with Gasteiger partial charge in [-0.25, -0.2) is 18.2 Å². The Morgan fingerprint density at radius 2 is 1.94 bits per heavy atom. The number of primary sulfonamides is 1. The summed E-state index contributed by atoms with van der Waals surface area (Å²) in [5.41, 5.74) is 1.81. The SMILES string of the molecule is CCC(C)(C)n1nnnc1C(C)(CCc1cccc(C)c1)NCc1nn(C)cc1S(N)(=O)=O. The molecule has 2 aromatic heterocycles. The fourth-order valence-electron chi connectivity index (χ4n) is 3.78. The molecule has 0 fully saturated rings. The van der Waals surface area contributed by atoms with E-state index in [1.54, 1.807) is 7.05 Å². The number of benzene rings is 1. The zero-order valence-electron chi connectivity index (χ0n) is 20.2. The van der Waals surface area contributed by atoms with Crippen molar-refractivity contribution in [3.63, 3.8) is 0 Å². The zero-order chi connectivity index (χ0) is 24.4. The van der Waals surface area contributed by atoms with E-state index >= 15 is 0 Å². The summed E-state index contributed by atoms with van der Waals surface area (Å²) in [5, 5.41) is 25.9. The van der Waals surface area contributed by atoms with Crippen molar-refractivity contribution in [2.75, 3.05) is 0 Å². The molecule has 0 amide bonds. The van der Waals surface area contributed by atoms with Gasteiger partial charge in [-0.3, -0.25) is 10.00 Å². The maximum absolute atomic E-state index is 12.0. The van der Waals surface area contributed by atoms with E-state index in [1.165, 1.54) is 22.0 Å². The summed E-state index contributed by atoms with van der Waals surface area (Å²) in [6.07, 6.45) is 3.73. The van der Waals surface area contributed by atoms with E-state index in [1.807, 2.05) is 17.7 Å². The minimum Gasteiger partial charge on any atom is -0.299 e. The van der Waals surface area contributed by atoms with Crippen LogP contribution in [0, 0.1) is 6.92 Å². The molecule has 1 atom stereocenters. The molecule has 0 saturated carbocycles. The number of hydrogen-bond acceptors (Lipinski definition) is 7. The summed E-state index contributed by atoms with van der Waals surface area (Å²) < 4.78 is 27.4. The van der Waals surface area contributed by atoms with Gasteiger partial charge in [-0.1, -0.05) is 36.8 Å². The number of aryl methyl sites for hydroxylation is 3. The second-order valence-electron chi connectivity index (χ2n) is 9.41. The Labute approximate surface area is 195 Å². The molecule has 0 aliphatic rings. The van der Waals surface area contributed by atoms with Gasteiger partial charge in [-0.2, -0.15) is 5.10 Å². The Balaban J connectivity index is 1.97. The average molecular weight is 475 g/mol. The standard InChI is InChI=1S/C22H34N8O2S/c1-7-21(3,4)30-20(25-27-28-30)22(5,12-11-17-10-8-9-16(2)13-17)24-14-18-19(33(23,31)32)15-29(6)26-18/h8-10,13,15,24H,7,11-12,14H2,1-6H3,(H2,23,31,32). The van der Waals surface area contributed by atoms with Gasteiger partial charge >= 0.3 is 0 Å². The summed E-state index contributed by atoms with van der Waals surface area (Å²) in [5.74, 6) is 0.690. The van der Waals surface area contributed by atoms with Crippen molar-refractivity contribution >= 4 is 10.0 Å². The molecule has 0 radical (unpaired) electrons. The molecule has 0 saturated heterocycles. The lowest BCUT2D eigenvalue weighted by atomic mass is 9.90. The van der Waals surface area contributed by atoms with Gasteiger partial charge in [0.1, 0.15) is 4.90 Å². The molecule has 11 heteroatoms. The van der Waals surface area contributed by atoms with Crippen molar-refractivity contribution in [2.45, 2.75) is 76.4 Å². The Morgan fingerprint density at radius 1 is 1.21 bits per heavy atom. The van der Waals surface area contributed by atoms with E-state index in [4.69, 9.17) is 5.14 Å². The van der Waals surface area contributed by atoms with Gasteiger partial charge in [0.2, 0.25) is 10.0 Å². The van der Waals surface area contributed by atoms with Crippen LogP contribution in [0.4, 0.5) is 0 Å². The molecular weight excluding hydrogens is 440 g/mol. The summed E-state index contributed by atoms with van der Waals surface area (Å²) >= 11 is 0. The number of hydrogen-bond donors (Lipinski definition) is 2. The molecule has 180 valence electrons. The molecule has 33 heavy (non-hydrogen) atoms. The molecule has 0 bridgehead atoms. The van der Waals surface area contributed by atoms with Crippen LogP contribution < -0.4 is 10.5 Å². The van der Waals surface area contributed by atoms with Crippen LogP contribution in [0.5, 0.6) is 0 Å². The minimum atomic E-state index is -3.90. The van der Waals surface area contributed by atoms with Crippen LogP contribution in [0.15, 0.2) is 35.4 Å². The molecule has 2 heterocycles. The van der Waals surface area contributed by atoms with Crippen molar-refractivity contribution < 1.29 is 8.42 Å². The number of nitrogens with one attached hydrogen (secondary N) is 1. The lowest BCUT2D eigenvalue weighted by Gasteiger charge is -2.34. The van der Waals surface area contributed by atoms with Crippen molar-refractivity contribution in [2.24, 2.45) is 12.2 Å². The normalized spacial score (nSPS) is 14.4. The van der Waals surface area contributed by atoms with Crippen LogP contribution in [0.2, 0.25) is 0 Å². The fraction of sp³-hybridized carbons (Fsp3) is 0.545. The zero-order valence-corrected chi connectivity index (χ0v) is 21.0. The number of sulfonamides is 1. The highest BCUT2D eigenvalue weighted by Crippen LogP contribution is 2.30. The molecule has 10 nitrogen and oxygen atoms in total. The smallest absolute Gasteiger partial charge is 0.241 e. The molecular formula is C22H34N8O2S. The molecule has 0 aliphatic carbocycles. The van der Waals surface area contributed by atoms with Crippen LogP contribution in [0.3, 0.4) is 0 Å². The first-order valence-corrected chi connectivity index (χ1v) is 12.6. The highest BCUT2D eigenvalue weighted by molar-refractivity contribution is 7.89. The third-order valence-corrected chi connectivity index (χ3v) is 7.17. The van der Waals surface area contributed by atoms with E-state index in [2.05, 4.69) is 71.8 Å². The van der Waals surface area contributed by atoms with E-state index in [0.717, 1.165) is 12.8 Å². The van der Waals surface area contributed by atoms with Gasteiger partial charge in [-0.15, -0.1) is 5.10 Å². The van der Waals surface area contributed by atoms with Gasteiger partial charge in [-0.05, 0) is 62.9 Å². The molecule has 3 rings (SSSR count). The highest BCUT2D eigenvalue weighted by atomic mass is 32.2. The van der Waals surface area contributed by atoms with E-state index in [9.17, 15) is 8.42 Å². The van der Waals surface area contributed by atoms with Crippen molar-refractivity contribution in [3.8, 4) is 0 Å². The van der Waals surface area contributed by atoms with E-state index in [-0.39, 0.29) is 17.0 Å². The topological polar surface area (TPSA) is 134 Å². The van der Waals surface area contributed by atoms with Crippen molar-refractivity contribution in [1.82, 2.24) is 35.3 Å². The molecule has 1 unspecified atom stereocenters. The third-order valence-electron chi connectivity index (χ3n) is 6.22. The molecule has 1 aromatic carbocycles. The second-order valence-corrected chi connectivity index (χ2v) is 10.9. The lowest BCUT2D eigenvalue weighted by molar-refractivity contribution is 0.237. The maximum Gasteiger partial charge on any atom is 0.241 e. The fourth-order valence-corrected chi connectivity index (χ4v) is 4.52. The second kappa shape index (κ2) is 9.32. The predicted octanol–water partition coefficient (Wildman–Crippen LogP) is 2.15. The quantitative estimate of drug-likeness (QED) is 0.460. The van der Waals surface area contributed by atoms with Gasteiger partial charge in [0.15, 0.2) is 5.82 Å². The molecule has 3 N–H and O–H groups in total. The van der Waals surface area contributed by atoms with Crippen LogP contribution in [0.25, 0.3) is 0 Å². The number of tetrazole rings is 1. The van der Waals surface area contributed by atoms with Crippen LogP contribution in [0.1, 0.15) is 63.2 Å². The molecule has 0 spiro atoms. The van der Waals surface area contributed by atoms with E-state index < -0.39 is 15.6 Å². The van der Waals surface area contributed by atoms with Gasteiger partial charge < -0.3 is 0 Å². The van der Waals surface area contributed by atoms with Crippen molar-refractivity contribution in [1.29, 1.82) is 0 Å². The lowest BCUT2D eigenvalue weighted by Crippen LogP contribution is -2.45. The number of nitrogens with two attached hydrogens (primary N) is 1.